The molecule has 0 saturated heterocycles. The number of hydrogen-bond donors (Lipinski definition) is 0. The SMILES string of the molecule is O=S(=O)(CCCN1CCc2ccccc2C1)c1cccs1. The number of hydrogen-bond acceptors (Lipinski definition) is 4. The van der Waals surface area contributed by atoms with Gasteiger partial charge in [-0.15, -0.1) is 11.3 Å². The van der Waals surface area contributed by atoms with Gasteiger partial charge in [-0.25, -0.2) is 8.42 Å². The summed E-state index contributed by atoms with van der Waals surface area (Å²) in [6.45, 7) is 2.81. The zero-order valence-electron chi connectivity index (χ0n) is 11.9. The molecule has 0 fully saturated rings. The van der Waals surface area contributed by atoms with Crippen molar-refractivity contribution in [2.24, 2.45) is 0 Å². The first kappa shape index (κ1) is 14.8. The molecule has 0 unspecified atom stereocenters. The molecule has 21 heavy (non-hydrogen) atoms. The van der Waals surface area contributed by atoms with Crippen LogP contribution in [0.4, 0.5) is 0 Å². The standard InChI is InChI=1S/C16H19NO2S2/c18-21(19,16-7-3-11-20-16)12-4-9-17-10-8-14-5-1-2-6-15(14)13-17/h1-3,5-7,11H,4,8-10,12-13H2. The predicted molar refractivity (Wildman–Crippen MR) is 86.4 cm³/mol. The molecule has 0 amide bonds. The van der Waals surface area contributed by atoms with Gasteiger partial charge >= 0.3 is 0 Å². The smallest absolute Gasteiger partial charge is 0.187 e. The molecule has 2 aromatic rings. The van der Waals surface area contributed by atoms with Crippen molar-refractivity contribution in [2.75, 3.05) is 18.8 Å². The van der Waals surface area contributed by atoms with E-state index in [2.05, 4.69) is 29.2 Å². The van der Waals surface area contributed by atoms with Crippen molar-refractivity contribution in [1.82, 2.24) is 4.90 Å². The van der Waals surface area contributed by atoms with Gasteiger partial charge < -0.3 is 0 Å². The zero-order chi connectivity index (χ0) is 14.7. The number of rotatable bonds is 5. The van der Waals surface area contributed by atoms with Gasteiger partial charge in [-0.3, -0.25) is 4.90 Å². The second-order valence-corrected chi connectivity index (χ2v) is 8.68. The number of nitrogens with zero attached hydrogens (tertiary/aromatic N) is 1. The van der Waals surface area contributed by atoms with Crippen LogP contribution in [0.2, 0.25) is 0 Å². The first-order valence-electron chi connectivity index (χ1n) is 7.20. The van der Waals surface area contributed by atoms with Crippen LogP contribution in [0.3, 0.4) is 0 Å². The molecule has 1 aromatic carbocycles. The molecule has 0 N–H and O–H groups in total. The molecule has 0 atom stereocenters. The normalized spacial score (nSPS) is 15.8. The molecule has 0 bridgehead atoms. The maximum atomic E-state index is 12.1. The fourth-order valence-electron chi connectivity index (χ4n) is 2.76. The Labute approximate surface area is 130 Å². The number of benzene rings is 1. The summed E-state index contributed by atoms with van der Waals surface area (Å²) in [6.07, 6.45) is 1.76. The summed E-state index contributed by atoms with van der Waals surface area (Å²) >= 11 is 1.31. The van der Waals surface area contributed by atoms with Gasteiger partial charge in [0, 0.05) is 13.1 Å². The van der Waals surface area contributed by atoms with Crippen molar-refractivity contribution in [1.29, 1.82) is 0 Å². The molecule has 2 heterocycles. The Kier molecular flexibility index (Phi) is 4.42. The maximum Gasteiger partial charge on any atom is 0.187 e. The summed E-state index contributed by atoms with van der Waals surface area (Å²) in [5, 5.41) is 1.81. The van der Waals surface area contributed by atoms with Crippen molar-refractivity contribution in [3.8, 4) is 0 Å². The molecule has 0 radical (unpaired) electrons. The summed E-state index contributed by atoms with van der Waals surface area (Å²) in [5.74, 6) is 0.242. The first-order chi connectivity index (χ1) is 10.1. The Morgan fingerprint density at radius 1 is 1.10 bits per heavy atom. The highest BCUT2D eigenvalue weighted by Crippen LogP contribution is 2.20. The monoisotopic (exact) mass is 321 g/mol. The molecule has 1 aliphatic heterocycles. The van der Waals surface area contributed by atoms with Crippen molar-refractivity contribution >= 4 is 21.2 Å². The first-order valence-corrected chi connectivity index (χ1v) is 9.74. The highest BCUT2D eigenvalue weighted by atomic mass is 32.2. The Morgan fingerprint density at radius 2 is 1.90 bits per heavy atom. The Morgan fingerprint density at radius 3 is 2.67 bits per heavy atom. The fraction of sp³-hybridized carbons (Fsp3) is 0.375. The van der Waals surface area contributed by atoms with E-state index in [9.17, 15) is 8.42 Å². The highest BCUT2D eigenvalue weighted by Gasteiger charge is 2.18. The van der Waals surface area contributed by atoms with Gasteiger partial charge in [-0.2, -0.15) is 0 Å². The summed E-state index contributed by atoms with van der Waals surface area (Å²) in [7, 11) is -3.09. The van der Waals surface area contributed by atoms with E-state index in [0.717, 1.165) is 26.1 Å². The molecule has 1 aliphatic rings. The average molecular weight is 321 g/mol. The van der Waals surface area contributed by atoms with Crippen molar-refractivity contribution in [3.63, 3.8) is 0 Å². The van der Waals surface area contributed by atoms with Gasteiger partial charge in [-0.05, 0) is 42.0 Å². The lowest BCUT2D eigenvalue weighted by molar-refractivity contribution is 0.255. The van der Waals surface area contributed by atoms with Crippen LogP contribution in [-0.4, -0.2) is 32.2 Å². The van der Waals surface area contributed by atoms with Gasteiger partial charge in [0.25, 0.3) is 0 Å². The van der Waals surface area contributed by atoms with Crippen LogP contribution in [0.1, 0.15) is 17.5 Å². The Hall–Kier alpha value is -1.17. The molecule has 3 rings (SSSR count). The Balaban J connectivity index is 1.53. The van der Waals surface area contributed by atoms with E-state index in [1.165, 1.54) is 22.5 Å². The number of fused-ring (bicyclic) bond motifs is 1. The van der Waals surface area contributed by atoms with Gasteiger partial charge in [-0.1, -0.05) is 30.3 Å². The van der Waals surface area contributed by atoms with Crippen molar-refractivity contribution in [3.05, 3.63) is 52.9 Å². The van der Waals surface area contributed by atoms with Gasteiger partial charge in [0.1, 0.15) is 4.21 Å². The number of thiophene rings is 1. The zero-order valence-corrected chi connectivity index (χ0v) is 13.5. The predicted octanol–water partition coefficient (Wildman–Crippen LogP) is 2.97. The minimum atomic E-state index is -3.09. The quantitative estimate of drug-likeness (QED) is 0.849. The van der Waals surface area contributed by atoms with E-state index in [-0.39, 0.29) is 5.75 Å². The van der Waals surface area contributed by atoms with Crippen molar-refractivity contribution < 1.29 is 8.42 Å². The average Bonchev–Trinajstić information content (AvgIpc) is 3.02. The second-order valence-electron chi connectivity index (χ2n) is 5.40. The molecule has 0 spiro atoms. The van der Waals surface area contributed by atoms with Gasteiger partial charge in [0.2, 0.25) is 0 Å². The van der Waals surface area contributed by atoms with E-state index in [1.807, 2.05) is 5.38 Å². The van der Waals surface area contributed by atoms with Crippen LogP contribution in [0.25, 0.3) is 0 Å². The Bertz CT molecular complexity index is 693. The van der Waals surface area contributed by atoms with Gasteiger partial charge in [0.15, 0.2) is 9.84 Å². The number of sulfone groups is 1. The third kappa shape index (κ3) is 3.54. The van der Waals surface area contributed by atoms with Crippen LogP contribution in [-0.2, 0) is 22.8 Å². The second kappa shape index (κ2) is 6.30. The van der Waals surface area contributed by atoms with Crippen LogP contribution in [0, 0.1) is 0 Å². The van der Waals surface area contributed by atoms with Gasteiger partial charge in [0.05, 0.1) is 5.75 Å². The molecular weight excluding hydrogens is 302 g/mol. The molecule has 1 aromatic heterocycles. The molecule has 3 nitrogen and oxygen atoms in total. The van der Waals surface area contributed by atoms with E-state index < -0.39 is 9.84 Å². The lowest BCUT2D eigenvalue weighted by atomic mass is 10.00. The third-order valence-electron chi connectivity index (χ3n) is 3.90. The molecule has 5 heteroatoms. The topological polar surface area (TPSA) is 37.4 Å². The van der Waals surface area contributed by atoms with E-state index in [1.54, 1.807) is 12.1 Å². The van der Waals surface area contributed by atoms with Crippen LogP contribution in [0.5, 0.6) is 0 Å². The molecule has 0 aliphatic carbocycles. The fourth-order valence-corrected chi connectivity index (χ4v) is 5.21. The molecular formula is C16H19NO2S2. The van der Waals surface area contributed by atoms with Crippen LogP contribution in [0.15, 0.2) is 46.0 Å². The minimum absolute atomic E-state index is 0.242. The van der Waals surface area contributed by atoms with Crippen molar-refractivity contribution in [2.45, 2.75) is 23.6 Å². The van der Waals surface area contributed by atoms with E-state index >= 15 is 0 Å². The third-order valence-corrected chi connectivity index (χ3v) is 7.19. The summed E-state index contributed by atoms with van der Waals surface area (Å²) in [4.78, 5) is 2.35. The largest absolute Gasteiger partial charge is 0.299 e. The van der Waals surface area contributed by atoms with E-state index in [0.29, 0.717) is 10.6 Å². The summed E-state index contributed by atoms with van der Waals surface area (Å²) in [5.41, 5.74) is 2.81. The highest BCUT2D eigenvalue weighted by molar-refractivity contribution is 7.93. The van der Waals surface area contributed by atoms with E-state index in [4.69, 9.17) is 0 Å². The summed E-state index contributed by atoms with van der Waals surface area (Å²) < 4.78 is 24.7. The molecule has 0 saturated carbocycles. The van der Waals surface area contributed by atoms with Crippen LogP contribution < -0.4 is 0 Å². The lowest BCUT2D eigenvalue weighted by Crippen LogP contribution is -2.32. The van der Waals surface area contributed by atoms with Crippen LogP contribution >= 0.6 is 11.3 Å². The maximum absolute atomic E-state index is 12.1. The summed E-state index contributed by atoms with van der Waals surface area (Å²) in [6, 6.07) is 12.0. The molecule has 112 valence electrons. The minimum Gasteiger partial charge on any atom is -0.299 e. The lowest BCUT2D eigenvalue weighted by Gasteiger charge is -2.28.